The minimum Gasteiger partial charge on any atom is -0.493 e. The van der Waals surface area contributed by atoms with Crippen LogP contribution in [0.15, 0.2) is 24.3 Å². The monoisotopic (exact) mass is 291 g/mol. The van der Waals surface area contributed by atoms with Crippen LogP contribution >= 0.6 is 0 Å². The highest BCUT2D eigenvalue weighted by molar-refractivity contribution is 5.44. The Bertz CT molecular complexity index is 597. The maximum Gasteiger partial charge on any atom is 0.328 e. The second-order valence-electron chi connectivity index (χ2n) is 4.03. The largest absolute Gasteiger partial charge is 0.493 e. The van der Waals surface area contributed by atoms with Crippen LogP contribution in [0.4, 0.5) is 0 Å². The molecule has 0 saturated carbocycles. The molecule has 0 aliphatic rings. The van der Waals surface area contributed by atoms with Gasteiger partial charge in [0.15, 0.2) is 11.5 Å². The highest BCUT2D eigenvalue weighted by Crippen LogP contribution is 2.32. The van der Waals surface area contributed by atoms with Crippen molar-refractivity contribution in [2.45, 2.75) is 6.54 Å². The number of rotatable bonds is 6. The van der Waals surface area contributed by atoms with Gasteiger partial charge < -0.3 is 24.7 Å². The van der Waals surface area contributed by atoms with E-state index in [2.05, 4.69) is 9.97 Å². The summed E-state index contributed by atoms with van der Waals surface area (Å²) in [6, 6.07) is 7.05. The third-order valence-corrected chi connectivity index (χ3v) is 2.74. The molecular weight excluding hydrogens is 274 g/mol. The Morgan fingerprint density at radius 3 is 2.10 bits per heavy atom. The van der Waals surface area contributed by atoms with Crippen molar-refractivity contribution in [1.82, 2.24) is 9.97 Å². The number of ether oxygens (including phenoxy) is 4. The first kappa shape index (κ1) is 14.9. The number of hydrogen-bond acceptors (Lipinski definition) is 7. The molecule has 0 saturated heterocycles. The zero-order valence-corrected chi connectivity index (χ0v) is 12.1. The van der Waals surface area contributed by atoms with E-state index in [0.29, 0.717) is 29.8 Å². The first-order chi connectivity index (χ1) is 10.2. The van der Waals surface area contributed by atoms with Crippen LogP contribution < -0.4 is 24.7 Å². The summed E-state index contributed by atoms with van der Waals surface area (Å²) < 4.78 is 21.0. The SMILES string of the molecule is COc1cc(OC)nc(Oc2ccc(CN)cc2OC)n1. The van der Waals surface area contributed by atoms with Gasteiger partial charge in [-0.3, -0.25) is 0 Å². The molecule has 0 amide bonds. The Morgan fingerprint density at radius 1 is 0.905 bits per heavy atom. The average molecular weight is 291 g/mol. The Balaban J connectivity index is 2.33. The molecule has 7 nitrogen and oxygen atoms in total. The summed E-state index contributed by atoms with van der Waals surface area (Å²) in [5, 5.41) is 0. The van der Waals surface area contributed by atoms with Gasteiger partial charge in [-0.05, 0) is 17.7 Å². The second-order valence-corrected chi connectivity index (χ2v) is 4.03. The fourth-order valence-corrected chi connectivity index (χ4v) is 1.66. The zero-order valence-electron chi connectivity index (χ0n) is 12.1. The molecule has 0 spiro atoms. The first-order valence-corrected chi connectivity index (χ1v) is 6.22. The predicted octanol–water partition coefficient (Wildman–Crippen LogP) is 1.75. The number of nitrogens with two attached hydrogens (primary N) is 1. The summed E-state index contributed by atoms with van der Waals surface area (Å²) in [6.07, 6.45) is 0. The highest BCUT2D eigenvalue weighted by atomic mass is 16.5. The molecule has 7 heteroatoms. The Labute approximate surface area is 122 Å². The van der Waals surface area contributed by atoms with Crippen LogP contribution in [0.25, 0.3) is 0 Å². The van der Waals surface area contributed by atoms with Crippen molar-refractivity contribution in [2.75, 3.05) is 21.3 Å². The van der Waals surface area contributed by atoms with E-state index in [0.717, 1.165) is 5.56 Å². The van der Waals surface area contributed by atoms with Gasteiger partial charge in [-0.1, -0.05) is 6.07 Å². The summed E-state index contributed by atoms with van der Waals surface area (Å²) in [5.41, 5.74) is 6.53. The second kappa shape index (κ2) is 6.76. The molecule has 0 bridgehead atoms. The lowest BCUT2D eigenvalue weighted by atomic mass is 10.2. The molecule has 0 aliphatic carbocycles. The number of benzene rings is 1. The Morgan fingerprint density at radius 2 is 1.57 bits per heavy atom. The fourth-order valence-electron chi connectivity index (χ4n) is 1.66. The van der Waals surface area contributed by atoms with Crippen LogP contribution in [0.2, 0.25) is 0 Å². The van der Waals surface area contributed by atoms with E-state index < -0.39 is 0 Å². The minimum absolute atomic E-state index is 0.102. The van der Waals surface area contributed by atoms with Crippen molar-refractivity contribution in [3.05, 3.63) is 29.8 Å². The van der Waals surface area contributed by atoms with Crippen LogP contribution in [-0.2, 0) is 6.54 Å². The van der Waals surface area contributed by atoms with Gasteiger partial charge in [0.2, 0.25) is 11.8 Å². The number of nitrogens with zero attached hydrogens (tertiary/aromatic N) is 2. The van der Waals surface area contributed by atoms with Crippen LogP contribution in [0.1, 0.15) is 5.56 Å². The predicted molar refractivity (Wildman–Crippen MR) is 76.1 cm³/mol. The Hall–Kier alpha value is -2.54. The van der Waals surface area contributed by atoms with E-state index in [1.54, 1.807) is 25.3 Å². The third-order valence-electron chi connectivity index (χ3n) is 2.74. The highest BCUT2D eigenvalue weighted by Gasteiger charge is 2.11. The van der Waals surface area contributed by atoms with Gasteiger partial charge in [-0.15, -0.1) is 0 Å². The number of aromatic nitrogens is 2. The van der Waals surface area contributed by atoms with Gasteiger partial charge in [0.05, 0.1) is 27.4 Å². The molecule has 1 aromatic heterocycles. The van der Waals surface area contributed by atoms with Crippen molar-refractivity contribution in [1.29, 1.82) is 0 Å². The van der Waals surface area contributed by atoms with E-state index in [-0.39, 0.29) is 6.01 Å². The van der Waals surface area contributed by atoms with Crippen LogP contribution in [0, 0.1) is 0 Å². The van der Waals surface area contributed by atoms with Crippen LogP contribution in [0.5, 0.6) is 29.3 Å². The Kier molecular flexibility index (Phi) is 4.78. The molecule has 0 unspecified atom stereocenters. The summed E-state index contributed by atoms with van der Waals surface area (Å²) in [6.45, 7) is 0.417. The summed E-state index contributed by atoms with van der Waals surface area (Å²) in [7, 11) is 4.56. The molecule has 1 heterocycles. The molecule has 1 aromatic carbocycles. The minimum atomic E-state index is 0.102. The van der Waals surface area contributed by atoms with Gasteiger partial charge in [-0.2, -0.15) is 9.97 Å². The smallest absolute Gasteiger partial charge is 0.328 e. The molecular formula is C14H17N3O4. The van der Waals surface area contributed by atoms with E-state index >= 15 is 0 Å². The average Bonchev–Trinajstić information content (AvgIpc) is 2.54. The van der Waals surface area contributed by atoms with Gasteiger partial charge in [0.1, 0.15) is 0 Å². The summed E-state index contributed by atoms with van der Waals surface area (Å²) in [5.74, 6) is 1.71. The van der Waals surface area contributed by atoms with Crippen LogP contribution in [-0.4, -0.2) is 31.3 Å². The molecule has 0 atom stereocenters. The van der Waals surface area contributed by atoms with Crippen molar-refractivity contribution in [3.63, 3.8) is 0 Å². The summed E-state index contributed by atoms with van der Waals surface area (Å²) >= 11 is 0. The lowest BCUT2D eigenvalue weighted by molar-refractivity contribution is 0.336. The van der Waals surface area contributed by atoms with Gasteiger partial charge in [0, 0.05) is 6.54 Å². The van der Waals surface area contributed by atoms with Gasteiger partial charge >= 0.3 is 6.01 Å². The van der Waals surface area contributed by atoms with Gasteiger partial charge in [0.25, 0.3) is 0 Å². The molecule has 21 heavy (non-hydrogen) atoms. The molecule has 112 valence electrons. The molecule has 0 radical (unpaired) electrons. The van der Waals surface area contributed by atoms with Crippen molar-refractivity contribution in [2.24, 2.45) is 5.73 Å². The molecule has 2 rings (SSSR count). The standard InChI is InChI=1S/C14H17N3O4/c1-18-11-6-9(8-15)4-5-10(11)21-14-16-12(19-2)7-13(17-14)20-3/h4-7H,8,15H2,1-3H3. The molecule has 2 N–H and O–H groups in total. The lowest BCUT2D eigenvalue weighted by Crippen LogP contribution is -2.00. The van der Waals surface area contributed by atoms with E-state index in [1.807, 2.05) is 6.07 Å². The van der Waals surface area contributed by atoms with E-state index in [4.69, 9.17) is 24.7 Å². The topological polar surface area (TPSA) is 88.7 Å². The van der Waals surface area contributed by atoms with Crippen molar-refractivity contribution < 1.29 is 18.9 Å². The van der Waals surface area contributed by atoms with Crippen LogP contribution in [0.3, 0.4) is 0 Å². The third kappa shape index (κ3) is 3.51. The number of methoxy groups -OCH3 is 3. The summed E-state index contributed by atoms with van der Waals surface area (Å²) in [4.78, 5) is 8.19. The molecule has 0 aliphatic heterocycles. The zero-order chi connectivity index (χ0) is 15.2. The molecule has 2 aromatic rings. The maximum absolute atomic E-state index is 5.64. The van der Waals surface area contributed by atoms with E-state index in [1.165, 1.54) is 14.2 Å². The fraction of sp³-hybridized carbons (Fsp3) is 0.286. The lowest BCUT2D eigenvalue weighted by Gasteiger charge is -2.11. The number of hydrogen-bond donors (Lipinski definition) is 1. The first-order valence-electron chi connectivity index (χ1n) is 6.22. The quantitative estimate of drug-likeness (QED) is 0.867. The molecule has 0 fully saturated rings. The van der Waals surface area contributed by atoms with Crippen molar-refractivity contribution in [3.8, 4) is 29.3 Å². The van der Waals surface area contributed by atoms with Crippen molar-refractivity contribution >= 4 is 0 Å². The normalized spacial score (nSPS) is 10.1. The van der Waals surface area contributed by atoms with Gasteiger partial charge in [-0.25, -0.2) is 0 Å². The maximum atomic E-state index is 5.64. The van der Waals surface area contributed by atoms with E-state index in [9.17, 15) is 0 Å².